The summed E-state index contributed by atoms with van der Waals surface area (Å²) in [4.78, 5) is 17.2. The molecule has 4 fully saturated rings. The predicted molar refractivity (Wildman–Crippen MR) is 111 cm³/mol. The number of nitrogens with one attached hydrogen (secondary N) is 1. The van der Waals surface area contributed by atoms with E-state index in [-0.39, 0.29) is 17.2 Å². The highest BCUT2D eigenvalue weighted by Gasteiger charge is 2.58. The zero-order valence-corrected chi connectivity index (χ0v) is 17.1. The van der Waals surface area contributed by atoms with Gasteiger partial charge in [-0.3, -0.25) is 4.79 Å². The van der Waals surface area contributed by atoms with E-state index in [1.54, 1.807) is 6.20 Å². The SMILES string of the molecule is O=C(Nc1cc2cc(C3[C@@H]4CCOC[C@@H]34)c(Cl)cc2cn1)[C@H]1CC12CCOCC2. The van der Waals surface area contributed by atoms with Crippen LogP contribution >= 0.6 is 11.6 Å². The molecule has 6 heteroatoms. The predicted octanol–water partition coefficient (Wildman–Crippen LogP) is 4.39. The average molecular weight is 413 g/mol. The number of hydrogen-bond donors (Lipinski definition) is 1. The van der Waals surface area contributed by atoms with Gasteiger partial charge in [-0.25, -0.2) is 4.98 Å². The minimum atomic E-state index is 0.0956. The number of aromatic nitrogens is 1. The second-order valence-electron chi connectivity index (χ2n) is 9.23. The smallest absolute Gasteiger partial charge is 0.229 e. The number of carbonyl (C=O) groups is 1. The lowest BCUT2D eigenvalue weighted by molar-refractivity contribution is -0.118. The second kappa shape index (κ2) is 6.66. The minimum absolute atomic E-state index is 0.0956. The lowest BCUT2D eigenvalue weighted by atomic mass is 9.93. The van der Waals surface area contributed by atoms with Crippen molar-refractivity contribution < 1.29 is 14.3 Å². The first-order chi connectivity index (χ1) is 14.1. The average Bonchev–Trinajstić information content (AvgIpc) is 3.63. The Morgan fingerprint density at radius 3 is 2.76 bits per heavy atom. The summed E-state index contributed by atoms with van der Waals surface area (Å²) in [6.07, 6.45) is 5.88. The zero-order chi connectivity index (χ0) is 19.6. The van der Waals surface area contributed by atoms with E-state index in [1.807, 2.05) is 12.1 Å². The van der Waals surface area contributed by atoms with Gasteiger partial charge in [0.1, 0.15) is 5.82 Å². The molecule has 2 aliphatic heterocycles. The third-order valence-electron chi connectivity index (χ3n) is 7.68. The normalized spacial score (nSPS) is 32.0. The van der Waals surface area contributed by atoms with Crippen LogP contribution in [0.2, 0.25) is 5.02 Å². The molecule has 1 aromatic heterocycles. The molecule has 2 saturated carbocycles. The summed E-state index contributed by atoms with van der Waals surface area (Å²) in [5, 5.41) is 5.95. The molecule has 2 aromatic rings. The molecule has 29 heavy (non-hydrogen) atoms. The molecule has 4 aliphatic rings. The van der Waals surface area contributed by atoms with E-state index >= 15 is 0 Å². The highest BCUT2D eigenvalue weighted by molar-refractivity contribution is 6.32. The standard InChI is InChI=1S/C23H25ClN2O3/c24-19-8-14-11-25-20(26-22(27)18-10-23(18)2-5-28-6-3-23)9-13(14)7-16(19)21-15-1-4-29-12-17(15)21/h7-9,11,15,17-18,21H,1-6,10,12H2,(H,25,26,27)/t15-,17-,18-,21?/m1/s1. The van der Waals surface area contributed by atoms with Crippen molar-refractivity contribution in [3.05, 3.63) is 35.0 Å². The Balaban J connectivity index is 1.23. The fourth-order valence-corrected chi connectivity index (χ4v) is 6.03. The molecule has 2 aliphatic carbocycles. The van der Waals surface area contributed by atoms with E-state index in [9.17, 15) is 4.79 Å². The number of amides is 1. The number of halogens is 1. The molecule has 1 unspecified atom stereocenters. The summed E-state index contributed by atoms with van der Waals surface area (Å²) < 4.78 is 11.1. The van der Waals surface area contributed by atoms with Crippen LogP contribution in [0.25, 0.3) is 10.8 Å². The number of anilines is 1. The Hall–Kier alpha value is -1.69. The molecule has 152 valence electrons. The van der Waals surface area contributed by atoms with Crippen molar-refractivity contribution >= 4 is 34.1 Å². The molecule has 1 amide bonds. The van der Waals surface area contributed by atoms with Crippen LogP contribution in [0.1, 0.15) is 37.2 Å². The van der Waals surface area contributed by atoms with Crippen molar-refractivity contribution in [2.75, 3.05) is 31.7 Å². The first kappa shape index (κ1) is 18.1. The second-order valence-corrected chi connectivity index (χ2v) is 9.64. The molecular formula is C23H25ClN2O3. The topological polar surface area (TPSA) is 60.5 Å². The first-order valence-electron chi connectivity index (χ1n) is 10.7. The van der Waals surface area contributed by atoms with Crippen LogP contribution in [0.15, 0.2) is 24.4 Å². The number of nitrogens with zero attached hydrogens (tertiary/aromatic N) is 1. The van der Waals surface area contributed by atoms with Gasteiger partial charge in [0.15, 0.2) is 0 Å². The molecule has 1 aromatic carbocycles. The molecule has 5 nitrogen and oxygen atoms in total. The third kappa shape index (κ3) is 3.06. The van der Waals surface area contributed by atoms with Crippen molar-refractivity contribution in [3.63, 3.8) is 0 Å². The summed E-state index contributed by atoms with van der Waals surface area (Å²) >= 11 is 6.61. The van der Waals surface area contributed by atoms with Crippen molar-refractivity contribution in [2.24, 2.45) is 23.2 Å². The molecule has 2 saturated heterocycles. The highest BCUT2D eigenvalue weighted by Crippen LogP contribution is 2.60. The maximum Gasteiger partial charge on any atom is 0.229 e. The molecular weight excluding hydrogens is 388 g/mol. The fraction of sp³-hybridized carbons (Fsp3) is 0.565. The Labute approximate surface area is 175 Å². The molecule has 0 bridgehead atoms. The Morgan fingerprint density at radius 2 is 1.97 bits per heavy atom. The quantitative estimate of drug-likeness (QED) is 0.812. The van der Waals surface area contributed by atoms with Crippen LogP contribution < -0.4 is 5.32 Å². The summed E-state index contributed by atoms with van der Waals surface area (Å²) in [7, 11) is 0. The van der Waals surface area contributed by atoms with Crippen LogP contribution in [-0.2, 0) is 14.3 Å². The van der Waals surface area contributed by atoms with Crippen LogP contribution in [0, 0.1) is 23.2 Å². The van der Waals surface area contributed by atoms with Gasteiger partial charge in [-0.2, -0.15) is 0 Å². The number of pyridine rings is 1. The number of rotatable bonds is 3. The van der Waals surface area contributed by atoms with E-state index < -0.39 is 0 Å². The lowest BCUT2D eigenvalue weighted by Gasteiger charge is -2.22. The van der Waals surface area contributed by atoms with Gasteiger partial charge >= 0.3 is 0 Å². The van der Waals surface area contributed by atoms with Crippen molar-refractivity contribution in [1.82, 2.24) is 4.98 Å². The molecule has 4 atom stereocenters. The van der Waals surface area contributed by atoms with Crippen LogP contribution in [-0.4, -0.2) is 37.3 Å². The Morgan fingerprint density at radius 1 is 1.10 bits per heavy atom. The Bertz CT molecular complexity index is 975. The van der Waals surface area contributed by atoms with E-state index in [1.165, 1.54) is 5.56 Å². The van der Waals surface area contributed by atoms with Crippen LogP contribution in [0.5, 0.6) is 0 Å². The maximum absolute atomic E-state index is 12.8. The fourth-order valence-electron chi connectivity index (χ4n) is 5.74. The van der Waals surface area contributed by atoms with Gasteiger partial charge < -0.3 is 14.8 Å². The summed E-state index contributed by atoms with van der Waals surface area (Å²) in [5.41, 5.74) is 1.39. The lowest BCUT2D eigenvalue weighted by Crippen LogP contribution is -2.24. The minimum Gasteiger partial charge on any atom is -0.381 e. The highest BCUT2D eigenvalue weighted by atomic mass is 35.5. The van der Waals surface area contributed by atoms with Crippen molar-refractivity contribution in [1.29, 1.82) is 0 Å². The van der Waals surface area contributed by atoms with Crippen LogP contribution in [0.4, 0.5) is 5.82 Å². The largest absolute Gasteiger partial charge is 0.381 e. The number of carbonyl (C=O) groups excluding carboxylic acids is 1. The molecule has 3 heterocycles. The number of ether oxygens (including phenoxy) is 2. The first-order valence-corrected chi connectivity index (χ1v) is 11.1. The van der Waals surface area contributed by atoms with Gasteiger partial charge in [0.2, 0.25) is 5.91 Å². The van der Waals surface area contributed by atoms with Crippen LogP contribution in [0.3, 0.4) is 0 Å². The van der Waals surface area contributed by atoms with Crippen molar-refractivity contribution in [2.45, 2.75) is 31.6 Å². The number of benzene rings is 1. The molecule has 0 radical (unpaired) electrons. The molecule has 1 N–H and O–H groups in total. The van der Waals surface area contributed by atoms with Gasteiger partial charge in [0.05, 0.1) is 6.61 Å². The summed E-state index contributed by atoms with van der Waals surface area (Å²) in [5.74, 6) is 2.62. The van der Waals surface area contributed by atoms with E-state index in [4.69, 9.17) is 21.1 Å². The van der Waals surface area contributed by atoms with Gasteiger partial charge in [0.25, 0.3) is 0 Å². The van der Waals surface area contributed by atoms with Gasteiger partial charge in [-0.15, -0.1) is 0 Å². The van der Waals surface area contributed by atoms with E-state index in [2.05, 4.69) is 16.4 Å². The van der Waals surface area contributed by atoms with Gasteiger partial charge in [0, 0.05) is 42.3 Å². The van der Waals surface area contributed by atoms with E-state index in [0.717, 1.165) is 67.9 Å². The van der Waals surface area contributed by atoms with Gasteiger partial charge in [-0.05, 0) is 78.0 Å². The number of hydrogen-bond acceptors (Lipinski definition) is 4. The maximum atomic E-state index is 12.8. The Kier molecular flexibility index (Phi) is 4.16. The molecule has 6 rings (SSSR count). The zero-order valence-electron chi connectivity index (χ0n) is 16.3. The van der Waals surface area contributed by atoms with Gasteiger partial charge in [-0.1, -0.05) is 11.6 Å². The number of fused-ring (bicyclic) bond motifs is 2. The third-order valence-corrected chi connectivity index (χ3v) is 8.01. The van der Waals surface area contributed by atoms with Crippen molar-refractivity contribution in [3.8, 4) is 0 Å². The molecule has 1 spiro atoms. The monoisotopic (exact) mass is 412 g/mol. The van der Waals surface area contributed by atoms with E-state index in [0.29, 0.717) is 23.6 Å². The summed E-state index contributed by atoms with van der Waals surface area (Å²) in [6.45, 7) is 3.25. The summed E-state index contributed by atoms with van der Waals surface area (Å²) in [6, 6.07) is 6.18.